The number of hydrogen-bond acceptors (Lipinski definition) is 5. The summed E-state index contributed by atoms with van der Waals surface area (Å²) in [5.74, 6) is -0.749. The minimum absolute atomic E-state index is 0.00709. The molecule has 0 aliphatic rings. The number of nitrogens with one attached hydrogen (secondary N) is 2. The smallest absolute Gasteiger partial charge is 0.387 e. The Bertz CT molecular complexity index is 1020. The quantitative estimate of drug-likeness (QED) is 0.729. The van der Waals surface area contributed by atoms with Gasteiger partial charge in [0.05, 0.1) is 12.5 Å². The summed E-state index contributed by atoms with van der Waals surface area (Å²) in [5, 5.41) is 9.24. The van der Waals surface area contributed by atoms with Crippen molar-refractivity contribution in [2.24, 2.45) is 0 Å². The first kappa shape index (κ1) is 17.3. The van der Waals surface area contributed by atoms with Gasteiger partial charge in [0.1, 0.15) is 0 Å². The molecule has 1 heterocycles. The Morgan fingerprint density at radius 3 is 2.58 bits per heavy atom. The number of rotatable bonds is 5. The third kappa shape index (κ3) is 3.46. The summed E-state index contributed by atoms with van der Waals surface area (Å²) in [5.41, 5.74) is -0.231. The topological polar surface area (TPSA) is 93.3 Å². The number of amides is 1. The number of aromatic amines is 1. The molecule has 0 aliphatic heterocycles. The maximum Gasteiger partial charge on any atom is 0.387 e. The number of halogens is 2. The second kappa shape index (κ2) is 7.18. The fraction of sp³-hybridized carbons (Fsp3) is 0.118. The van der Waals surface area contributed by atoms with Gasteiger partial charge in [0.15, 0.2) is 17.2 Å². The maximum absolute atomic E-state index is 12.5. The maximum atomic E-state index is 12.5. The normalized spacial score (nSPS) is 10.8. The SMILES string of the molecule is COc1ccc(NC(=O)c2n[nH]c(=O)c3ccccc23)cc1OC(F)F. The molecule has 0 atom stereocenters. The number of aromatic nitrogens is 2. The van der Waals surface area contributed by atoms with Gasteiger partial charge in [0.25, 0.3) is 11.5 Å². The molecule has 9 heteroatoms. The predicted molar refractivity (Wildman–Crippen MR) is 89.9 cm³/mol. The van der Waals surface area contributed by atoms with Gasteiger partial charge in [-0.25, -0.2) is 5.10 Å². The summed E-state index contributed by atoms with van der Waals surface area (Å²) >= 11 is 0. The van der Waals surface area contributed by atoms with Crippen LogP contribution < -0.4 is 20.3 Å². The molecule has 3 rings (SSSR count). The van der Waals surface area contributed by atoms with Crippen molar-refractivity contribution in [1.82, 2.24) is 10.2 Å². The van der Waals surface area contributed by atoms with Gasteiger partial charge in [-0.05, 0) is 18.2 Å². The van der Waals surface area contributed by atoms with Crippen molar-refractivity contribution in [3.05, 3.63) is 58.5 Å². The molecule has 3 aromatic rings. The third-order valence-electron chi connectivity index (χ3n) is 3.55. The van der Waals surface area contributed by atoms with Crippen LogP contribution in [0, 0.1) is 0 Å². The molecular formula is C17H13F2N3O4. The molecule has 0 radical (unpaired) electrons. The fourth-order valence-corrected chi connectivity index (χ4v) is 2.42. The lowest BCUT2D eigenvalue weighted by atomic mass is 10.1. The van der Waals surface area contributed by atoms with Crippen LogP contribution in [-0.2, 0) is 0 Å². The number of methoxy groups -OCH3 is 1. The van der Waals surface area contributed by atoms with E-state index in [2.05, 4.69) is 20.3 Å². The number of fused-ring (bicyclic) bond motifs is 1. The number of H-pyrrole nitrogens is 1. The molecule has 0 aliphatic carbocycles. The molecule has 7 nitrogen and oxygen atoms in total. The van der Waals surface area contributed by atoms with Gasteiger partial charge in [-0.15, -0.1) is 0 Å². The first-order valence-electron chi connectivity index (χ1n) is 7.41. The van der Waals surface area contributed by atoms with Crippen LogP contribution in [0.1, 0.15) is 10.5 Å². The number of anilines is 1. The van der Waals surface area contributed by atoms with Gasteiger partial charge in [-0.1, -0.05) is 18.2 Å². The first-order chi connectivity index (χ1) is 12.5. The highest BCUT2D eigenvalue weighted by Crippen LogP contribution is 2.31. The number of ether oxygens (including phenoxy) is 2. The molecule has 0 unspecified atom stereocenters. The highest BCUT2D eigenvalue weighted by atomic mass is 19.3. The van der Waals surface area contributed by atoms with E-state index in [-0.39, 0.29) is 22.9 Å². The molecule has 0 bridgehead atoms. The van der Waals surface area contributed by atoms with Crippen LogP contribution in [0.2, 0.25) is 0 Å². The zero-order valence-corrected chi connectivity index (χ0v) is 13.5. The van der Waals surface area contributed by atoms with Gasteiger partial charge < -0.3 is 14.8 Å². The summed E-state index contributed by atoms with van der Waals surface area (Å²) in [7, 11) is 1.31. The van der Waals surface area contributed by atoms with Gasteiger partial charge >= 0.3 is 6.61 Å². The van der Waals surface area contributed by atoms with E-state index in [9.17, 15) is 18.4 Å². The molecule has 1 aromatic heterocycles. The van der Waals surface area contributed by atoms with Gasteiger partial charge in [-0.3, -0.25) is 9.59 Å². The van der Waals surface area contributed by atoms with Crippen molar-refractivity contribution >= 4 is 22.4 Å². The average molecular weight is 361 g/mol. The van der Waals surface area contributed by atoms with Crippen LogP contribution in [0.4, 0.5) is 14.5 Å². The van der Waals surface area contributed by atoms with Crippen molar-refractivity contribution in [1.29, 1.82) is 0 Å². The molecule has 0 saturated heterocycles. The van der Waals surface area contributed by atoms with Crippen molar-refractivity contribution in [3.63, 3.8) is 0 Å². The number of carbonyl (C=O) groups is 1. The van der Waals surface area contributed by atoms with Crippen LogP contribution in [0.3, 0.4) is 0 Å². The van der Waals surface area contributed by atoms with E-state index in [4.69, 9.17) is 4.74 Å². The molecule has 134 valence electrons. The Morgan fingerprint density at radius 2 is 1.88 bits per heavy atom. The summed E-state index contributed by atoms with van der Waals surface area (Å²) < 4.78 is 34.3. The van der Waals surface area contributed by atoms with Crippen LogP contribution in [0.25, 0.3) is 10.8 Å². The van der Waals surface area contributed by atoms with E-state index >= 15 is 0 Å². The first-order valence-corrected chi connectivity index (χ1v) is 7.41. The molecule has 0 spiro atoms. The summed E-state index contributed by atoms with van der Waals surface area (Å²) in [6, 6.07) is 10.5. The van der Waals surface area contributed by atoms with Gasteiger partial charge in [0, 0.05) is 17.1 Å². The molecule has 26 heavy (non-hydrogen) atoms. The Kier molecular flexibility index (Phi) is 4.78. The highest BCUT2D eigenvalue weighted by molar-refractivity contribution is 6.11. The second-order valence-electron chi connectivity index (χ2n) is 5.15. The van der Waals surface area contributed by atoms with Crippen molar-refractivity contribution in [2.75, 3.05) is 12.4 Å². The van der Waals surface area contributed by atoms with Crippen LogP contribution >= 0.6 is 0 Å². The van der Waals surface area contributed by atoms with Gasteiger partial charge in [-0.2, -0.15) is 13.9 Å². The van der Waals surface area contributed by atoms with Gasteiger partial charge in [0.2, 0.25) is 0 Å². The summed E-state index contributed by atoms with van der Waals surface area (Å²) in [6.45, 7) is -3.04. The fourth-order valence-electron chi connectivity index (χ4n) is 2.42. The number of hydrogen-bond donors (Lipinski definition) is 2. The predicted octanol–water partition coefficient (Wildman–Crippen LogP) is 2.79. The minimum Gasteiger partial charge on any atom is -0.493 e. The molecular weight excluding hydrogens is 348 g/mol. The monoisotopic (exact) mass is 361 g/mol. The lowest BCUT2D eigenvalue weighted by Crippen LogP contribution is -2.19. The van der Waals surface area contributed by atoms with Crippen molar-refractivity contribution in [2.45, 2.75) is 6.61 Å². The molecule has 2 aromatic carbocycles. The number of alkyl halides is 2. The van der Waals surface area contributed by atoms with E-state index < -0.39 is 18.1 Å². The van der Waals surface area contributed by atoms with Crippen LogP contribution in [0.15, 0.2) is 47.3 Å². The second-order valence-corrected chi connectivity index (χ2v) is 5.15. The minimum atomic E-state index is -3.04. The Balaban J connectivity index is 1.94. The molecule has 0 fully saturated rings. The molecule has 2 N–H and O–H groups in total. The van der Waals surface area contributed by atoms with Crippen LogP contribution in [-0.4, -0.2) is 29.8 Å². The highest BCUT2D eigenvalue weighted by Gasteiger charge is 2.16. The molecule has 0 saturated carbocycles. The number of carbonyl (C=O) groups excluding carboxylic acids is 1. The van der Waals surface area contributed by atoms with E-state index in [0.29, 0.717) is 10.8 Å². The lowest BCUT2D eigenvalue weighted by molar-refractivity contribution is -0.0511. The standard InChI is InChI=1S/C17H13F2N3O4/c1-25-12-7-6-9(8-13(12)26-17(18)19)20-16(24)14-10-4-2-3-5-11(10)15(23)22-21-14/h2-8,17H,1H3,(H,20,24)(H,22,23). The molecule has 1 amide bonds. The average Bonchev–Trinajstić information content (AvgIpc) is 2.62. The zero-order chi connectivity index (χ0) is 18.7. The van der Waals surface area contributed by atoms with Crippen LogP contribution in [0.5, 0.6) is 11.5 Å². The third-order valence-corrected chi connectivity index (χ3v) is 3.55. The van der Waals surface area contributed by atoms with E-state index in [0.717, 1.165) is 0 Å². The van der Waals surface area contributed by atoms with Crippen molar-refractivity contribution in [3.8, 4) is 11.5 Å². The van der Waals surface area contributed by atoms with E-state index in [1.807, 2.05) is 0 Å². The summed E-state index contributed by atoms with van der Waals surface area (Å²) in [4.78, 5) is 24.3. The largest absolute Gasteiger partial charge is 0.493 e. The Morgan fingerprint density at radius 1 is 1.15 bits per heavy atom. The Hall–Kier alpha value is -3.49. The number of nitrogens with zero attached hydrogens (tertiary/aromatic N) is 1. The summed E-state index contributed by atoms with van der Waals surface area (Å²) in [6.07, 6.45) is 0. The van der Waals surface area contributed by atoms with E-state index in [1.165, 1.54) is 25.3 Å². The van der Waals surface area contributed by atoms with Crippen molar-refractivity contribution < 1.29 is 23.0 Å². The van der Waals surface area contributed by atoms with E-state index in [1.54, 1.807) is 24.3 Å². The number of benzene rings is 2. The Labute approximate surface area is 145 Å². The lowest BCUT2D eigenvalue weighted by Gasteiger charge is -2.12. The zero-order valence-electron chi connectivity index (χ0n) is 13.5.